The zero-order chi connectivity index (χ0) is 28.3. The molecule has 0 fully saturated rings. The first-order chi connectivity index (χ1) is 21.3. The highest BCUT2D eigenvalue weighted by Gasteiger charge is 2.23. The van der Waals surface area contributed by atoms with Crippen molar-refractivity contribution in [3.05, 3.63) is 152 Å². The fourth-order valence-corrected chi connectivity index (χ4v) is 6.51. The number of benzene rings is 7. The predicted octanol–water partition coefficient (Wildman–Crippen LogP) is 11.8. The number of rotatable bonds is 4. The van der Waals surface area contributed by atoms with Crippen LogP contribution in [0.4, 0.5) is 17.1 Å². The molecule has 0 aliphatic rings. The van der Waals surface area contributed by atoms with Crippen molar-refractivity contribution in [2.75, 3.05) is 4.90 Å². The van der Waals surface area contributed by atoms with E-state index in [1.165, 1.54) is 11.1 Å². The molecule has 202 valence electrons. The minimum Gasteiger partial charge on any atom is -0.456 e. The van der Waals surface area contributed by atoms with Gasteiger partial charge in [0.05, 0.1) is 11.4 Å². The summed E-state index contributed by atoms with van der Waals surface area (Å²) in [5, 5.41) is 6.75. The quantitative estimate of drug-likeness (QED) is 0.218. The molecule has 9 rings (SSSR count). The maximum absolute atomic E-state index is 6.58. The summed E-state index contributed by atoms with van der Waals surface area (Å²) in [6, 6.07) is 53.0. The second kappa shape index (κ2) is 9.37. The van der Waals surface area contributed by atoms with E-state index in [2.05, 4.69) is 126 Å². The first-order valence-corrected chi connectivity index (χ1v) is 14.5. The molecule has 2 aromatic heterocycles. The van der Waals surface area contributed by atoms with Crippen LogP contribution in [0.2, 0.25) is 0 Å². The van der Waals surface area contributed by atoms with Crippen LogP contribution in [0.25, 0.3) is 65.8 Å². The molecule has 0 aliphatic heterocycles. The zero-order valence-corrected chi connectivity index (χ0v) is 23.2. The van der Waals surface area contributed by atoms with E-state index >= 15 is 0 Å². The van der Waals surface area contributed by atoms with Crippen molar-refractivity contribution in [2.24, 2.45) is 0 Å². The van der Waals surface area contributed by atoms with Crippen LogP contribution >= 0.6 is 0 Å². The van der Waals surface area contributed by atoms with Gasteiger partial charge in [0.2, 0.25) is 0 Å². The van der Waals surface area contributed by atoms with Crippen LogP contribution in [0.15, 0.2) is 160 Å². The third kappa shape index (κ3) is 3.68. The molecule has 2 heterocycles. The van der Waals surface area contributed by atoms with Crippen molar-refractivity contribution in [3.8, 4) is 11.1 Å². The number of anilines is 3. The Hall–Kier alpha value is -5.80. The van der Waals surface area contributed by atoms with Crippen LogP contribution in [0.1, 0.15) is 0 Å². The fraction of sp³-hybridized carbons (Fsp3) is 0. The Morgan fingerprint density at radius 3 is 1.77 bits per heavy atom. The molecule has 0 aliphatic carbocycles. The summed E-state index contributed by atoms with van der Waals surface area (Å²) in [6.45, 7) is 0. The molecule has 7 aromatic carbocycles. The van der Waals surface area contributed by atoms with Crippen LogP contribution in [-0.4, -0.2) is 0 Å². The highest BCUT2D eigenvalue weighted by atomic mass is 16.3. The largest absolute Gasteiger partial charge is 0.456 e. The van der Waals surface area contributed by atoms with E-state index in [0.717, 1.165) is 71.7 Å². The van der Waals surface area contributed by atoms with Crippen molar-refractivity contribution in [2.45, 2.75) is 0 Å². The number of furan rings is 2. The van der Waals surface area contributed by atoms with Gasteiger partial charge in [-0.3, -0.25) is 0 Å². The summed E-state index contributed by atoms with van der Waals surface area (Å²) in [4.78, 5) is 2.31. The second-order valence-corrected chi connectivity index (χ2v) is 10.9. The Bertz CT molecular complexity index is 2450. The van der Waals surface area contributed by atoms with Gasteiger partial charge < -0.3 is 13.7 Å². The highest BCUT2D eigenvalue weighted by molar-refractivity contribution is 6.23. The van der Waals surface area contributed by atoms with Gasteiger partial charge in [-0.1, -0.05) is 115 Å². The van der Waals surface area contributed by atoms with Crippen LogP contribution < -0.4 is 4.90 Å². The molecule has 0 saturated heterocycles. The van der Waals surface area contributed by atoms with E-state index in [1.807, 2.05) is 30.3 Å². The van der Waals surface area contributed by atoms with E-state index in [-0.39, 0.29) is 0 Å². The first-order valence-electron chi connectivity index (χ1n) is 14.5. The van der Waals surface area contributed by atoms with E-state index in [0.29, 0.717) is 0 Å². The number of hydrogen-bond donors (Lipinski definition) is 0. The van der Waals surface area contributed by atoms with E-state index in [9.17, 15) is 0 Å². The monoisotopic (exact) mass is 551 g/mol. The molecule has 3 heteroatoms. The maximum atomic E-state index is 6.58. The lowest BCUT2D eigenvalue weighted by molar-refractivity contribution is 0.667. The molecular weight excluding hydrogens is 526 g/mol. The lowest BCUT2D eigenvalue weighted by Crippen LogP contribution is -2.11. The minimum absolute atomic E-state index is 0.851. The van der Waals surface area contributed by atoms with Crippen LogP contribution in [-0.2, 0) is 0 Å². The van der Waals surface area contributed by atoms with Crippen molar-refractivity contribution in [3.63, 3.8) is 0 Å². The maximum Gasteiger partial charge on any atom is 0.159 e. The summed E-state index contributed by atoms with van der Waals surface area (Å²) < 4.78 is 13.1. The Balaban J connectivity index is 1.36. The average Bonchev–Trinajstić information content (AvgIpc) is 3.65. The van der Waals surface area contributed by atoms with Crippen molar-refractivity contribution in [1.29, 1.82) is 0 Å². The third-order valence-electron chi connectivity index (χ3n) is 8.46. The van der Waals surface area contributed by atoms with E-state index in [4.69, 9.17) is 8.83 Å². The lowest BCUT2D eigenvalue weighted by atomic mass is 10.00. The molecule has 9 aromatic rings. The Kier molecular flexibility index (Phi) is 5.20. The second-order valence-electron chi connectivity index (χ2n) is 10.9. The van der Waals surface area contributed by atoms with Crippen LogP contribution in [0.3, 0.4) is 0 Å². The molecule has 0 spiro atoms. The Labute approximate surface area is 247 Å². The van der Waals surface area contributed by atoms with Crippen molar-refractivity contribution < 1.29 is 8.83 Å². The fourth-order valence-electron chi connectivity index (χ4n) is 6.51. The molecule has 0 unspecified atom stereocenters. The summed E-state index contributed by atoms with van der Waals surface area (Å²) in [5.74, 6) is 0. The van der Waals surface area contributed by atoms with Crippen molar-refractivity contribution >= 4 is 71.7 Å². The molecule has 43 heavy (non-hydrogen) atoms. The molecule has 0 N–H and O–H groups in total. The summed E-state index contributed by atoms with van der Waals surface area (Å²) in [5.41, 5.74) is 8.87. The molecule has 0 radical (unpaired) electrons. The summed E-state index contributed by atoms with van der Waals surface area (Å²) in [6.07, 6.45) is 0. The van der Waals surface area contributed by atoms with Gasteiger partial charge in [0.1, 0.15) is 16.7 Å². The van der Waals surface area contributed by atoms with E-state index < -0.39 is 0 Å². The number of para-hydroxylation sites is 3. The molecular formula is C40H25NO2. The number of hydrogen-bond acceptors (Lipinski definition) is 3. The lowest BCUT2D eigenvalue weighted by Gasteiger charge is -2.27. The Morgan fingerprint density at radius 2 is 0.977 bits per heavy atom. The topological polar surface area (TPSA) is 29.5 Å². The first kappa shape index (κ1) is 23.9. The molecule has 0 atom stereocenters. The number of nitrogens with zero attached hydrogens (tertiary/aromatic N) is 1. The average molecular weight is 552 g/mol. The minimum atomic E-state index is 0.851. The molecule has 0 saturated carbocycles. The smallest absolute Gasteiger partial charge is 0.159 e. The standard InChI is InChI=1S/C40H25NO2/c1-2-11-26(12-3-1)27-21-23-28(24-22-27)41(34-18-10-17-32-30-14-6-8-19-36(30)43-40(32)34)35-25-38-39(31-15-5-4-13-29(31)35)33-16-7-9-20-37(33)42-38/h1-25H. The van der Waals surface area contributed by atoms with E-state index in [1.54, 1.807) is 0 Å². The molecule has 3 nitrogen and oxygen atoms in total. The molecule has 0 bridgehead atoms. The summed E-state index contributed by atoms with van der Waals surface area (Å²) >= 11 is 0. The Morgan fingerprint density at radius 1 is 0.372 bits per heavy atom. The van der Waals surface area contributed by atoms with Gasteiger partial charge >= 0.3 is 0 Å². The zero-order valence-electron chi connectivity index (χ0n) is 23.2. The van der Waals surface area contributed by atoms with Gasteiger partial charge in [0.15, 0.2) is 5.58 Å². The van der Waals surface area contributed by atoms with Crippen molar-refractivity contribution in [1.82, 2.24) is 0 Å². The highest BCUT2D eigenvalue weighted by Crippen LogP contribution is 2.47. The molecule has 0 amide bonds. The van der Waals surface area contributed by atoms with Gasteiger partial charge in [-0.15, -0.1) is 0 Å². The van der Waals surface area contributed by atoms with Gasteiger partial charge in [-0.2, -0.15) is 0 Å². The third-order valence-corrected chi connectivity index (χ3v) is 8.46. The van der Waals surface area contributed by atoms with Gasteiger partial charge in [0.25, 0.3) is 0 Å². The van der Waals surface area contributed by atoms with Crippen LogP contribution in [0, 0.1) is 0 Å². The van der Waals surface area contributed by atoms with Crippen LogP contribution in [0.5, 0.6) is 0 Å². The van der Waals surface area contributed by atoms with Gasteiger partial charge in [-0.05, 0) is 46.8 Å². The predicted molar refractivity (Wildman–Crippen MR) is 179 cm³/mol. The number of fused-ring (bicyclic) bond motifs is 8. The normalized spacial score (nSPS) is 11.7. The van der Waals surface area contributed by atoms with Gasteiger partial charge in [-0.25, -0.2) is 0 Å². The SMILES string of the molecule is c1ccc(-c2ccc(N(c3cc4oc5ccccc5c4c4ccccc34)c3cccc4c3oc3ccccc34)cc2)cc1. The summed E-state index contributed by atoms with van der Waals surface area (Å²) in [7, 11) is 0. The van der Waals surface area contributed by atoms with Gasteiger partial charge in [0, 0.05) is 38.7 Å².